The summed E-state index contributed by atoms with van der Waals surface area (Å²) in [5, 5.41) is 3.42. The molecule has 2 heterocycles. The minimum atomic E-state index is 0. The molecule has 18 heavy (non-hydrogen) atoms. The summed E-state index contributed by atoms with van der Waals surface area (Å²) in [5.41, 5.74) is 0.361. The number of amides is 1. The summed E-state index contributed by atoms with van der Waals surface area (Å²) in [4.78, 5) is 14.7. The van der Waals surface area contributed by atoms with Crippen molar-refractivity contribution in [3.8, 4) is 0 Å². The third kappa shape index (κ3) is 1.70. The van der Waals surface area contributed by atoms with Gasteiger partial charge in [-0.3, -0.25) is 4.79 Å². The summed E-state index contributed by atoms with van der Waals surface area (Å²) >= 11 is 0. The van der Waals surface area contributed by atoms with Crippen LogP contribution in [0.3, 0.4) is 0 Å². The SMILES string of the molecule is CC1(C)C(C(=O)N2C[C@H]3CNC[C@H]3C2)C1(C)C.Cl. The maximum atomic E-state index is 12.6. The van der Waals surface area contributed by atoms with E-state index in [1.807, 2.05) is 0 Å². The van der Waals surface area contributed by atoms with Gasteiger partial charge in [-0.25, -0.2) is 0 Å². The smallest absolute Gasteiger partial charge is 0.226 e. The largest absolute Gasteiger partial charge is 0.342 e. The molecule has 2 aliphatic heterocycles. The first-order valence-electron chi connectivity index (χ1n) is 6.85. The molecule has 0 unspecified atom stereocenters. The zero-order valence-electron chi connectivity index (χ0n) is 11.8. The Morgan fingerprint density at radius 2 is 1.50 bits per heavy atom. The summed E-state index contributed by atoms with van der Waals surface area (Å²) in [6, 6.07) is 0. The molecule has 0 aromatic heterocycles. The summed E-state index contributed by atoms with van der Waals surface area (Å²) in [6.07, 6.45) is 0. The second-order valence-electron chi connectivity index (χ2n) is 7.30. The van der Waals surface area contributed by atoms with Gasteiger partial charge >= 0.3 is 0 Å². The molecule has 0 spiro atoms. The van der Waals surface area contributed by atoms with Crippen molar-refractivity contribution in [1.82, 2.24) is 10.2 Å². The van der Waals surface area contributed by atoms with Gasteiger partial charge in [0.2, 0.25) is 5.91 Å². The Morgan fingerprint density at radius 3 is 1.89 bits per heavy atom. The maximum Gasteiger partial charge on any atom is 0.226 e. The fourth-order valence-corrected chi connectivity index (χ4v) is 4.03. The highest BCUT2D eigenvalue weighted by atomic mass is 35.5. The van der Waals surface area contributed by atoms with Gasteiger partial charge in [0.1, 0.15) is 0 Å². The molecule has 1 aliphatic carbocycles. The Labute approximate surface area is 116 Å². The fourth-order valence-electron chi connectivity index (χ4n) is 4.03. The average molecular weight is 273 g/mol. The third-order valence-electron chi connectivity index (χ3n) is 5.97. The monoisotopic (exact) mass is 272 g/mol. The van der Waals surface area contributed by atoms with Crippen LogP contribution in [0.1, 0.15) is 27.7 Å². The second kappa shape index (κ2) is 4.11. The van der Waals surface area contributed by atoms with Crippen molar-refractivity contribution in [3.05, 3.63) is 0 Å². The van der Waals surface area contributed by atoms with Crippen LogP contribution >= 0.6 is 12.4 Å². The summed E-state index contributed by atoms with van der Waals surface area (Å²) < 4.78 is 0. The molecule has 104 valence electrons. The molecule has 1 saturated carbocycles. The number of hydrogen-bond donors (Lipinski definition) is 1. The first kappa shape index (κ1) is 14.1. The third-order valence-corrected chi connectivity index (χ3v) is 5.97. The molecule has 3 rings (SSSR count). The lowest BCUT2D eigenvalue weighted by Gasteiger charge is -2.18. The van der Waals surface area contributed by atoms with Gasteiger partial charge in [-0.15, -0.1) is 12.4 Å². The van der Waals surface area contributed by atoms with E-state index in [1.165, 1.54) is 0 Å². The van der Waals surface area contributed by atoms with Gasteiger partial charge in [-0.2, -0.15) is 0 Å². The van der Waals surface area contributed by atoms with Gasteiger partial charge in [0.05, 0.1) is 0 Å². The molecule has 3 nitrogen and oxygen atoms in total. The van der Waals surface area contributed by atoms with Crippen molar-refractivity contribution >= 4 is 18.3 Å². The summed E-state index contributed by atoms with van der Waals surface area (Å²) in [6.45, 7) is 13.1. The number of hydrogen-bond acceptors (Lipinski definition) is 2. The topological polar surface area (TPSA) is 32.3 Å². The molecule has 4 heteroatoms. The Morgan fingerprint density at radius 1 is 1.06 bits per heavy atom. The quantitative estimate of drug-likeness (QED) is 0.789. The lowest BCUT2D eigenvalue weighted by atomic mass is 10.0. The van der Waals surface area contributed by atoms with Crippen LogP contribution in [-0.2, 0) is 4.79 Å². The molecule has 0 aromatic carbocycles. The second-order valence-corrected chi connectivity index (χ2v) is 7.30. The fraction of sp³-hybridized carbons (Fsp3) is 0.929. The highest BCUT2D eigenvalue weighted by Gasteiger charge is 2.69. The molecular weight excluding hydrogens is 248 g/mol. The van der Waals surface area contributed by atoms with E-state index in [0.717, 1.165) is 26.2 Å². The van der Waals surface area contributed by atoms with E-state index >= 15 is 0 Å². The molecule has 0 bridgehead atoms. The van der Waals surface area contributed by atoms with E-state index < -0.39 is 0 Å². The first-order valence-corrected chi connectivity index (χ1v) is 6.85. The van der Waals surface area contributed by atoms with E-state index in [4.69, 9.17) is 0 Å². The highest BCUT2D eigenvalue weighted by Crippen LogP contribution is 2.69. The molecule has 2 atom stereocenters. The van der Waals surface area contributed by atoms with E-state index in [9.17, 15) is 4.79 Å². The number of rotatable bonds is 1. The Balaban J connectivity index is 0.00000120. The lowest BCUT2D eigenvalue weighted by Crippen LogP contribution is -2.34. The average Bonchev–Trinajstić information content (AvgIpc) is 2.64. The number of nitrogens with one attached hydrogen (secondary N) is 1. The summed E-state index contributed by atoms with van der Waals surface area (Å²) in [7, 11) is 0. The van der Waals surface area contributed by atoms with Crippen molar-refractivity contribution in [3.63, 3.8) is 0 Å². The van der Waals surface area contributed by atoms with Crippen LogP contribution in [0.2, 0.25) is 0 Å². The molecule has 3 fully saturated rings. The predicted octanol–water partition coefficient (Wildman–Crippen LogP) is 1.77. The zero-order valence-corrected chi connectivity index (χ0v) is 12.6. The number of halogens is 1. The Kier molecular flexibility index (Phi) is 3.22. The van der Waals surface area contributed by atoms with Crippen LogP contribution in [-0.4, -0.2) is 37.0 Å². The molecule has 1 N–H and O–H groups in total. The zero-order chi connectivity index (χ0) is 12.4. The van der Waals surface area contributed by atoms with E-state index in [-0.39, 0.29) is 29.2 Å². The van der Waals surface area contributed by atoms with Crippen LogP contribution in [0, 0.1) is 28.6 Å². The van der Waals surface area contributed by atoms with Crippen LogP contribution in [0.4, 0.5) is 0 Å². The molecule has 1 amide bonds. The van der Waals surface area contributed by atoms with Crippen molar-refractivity contribution < 1.29 is 4.79 Å². The van der Waals surface area contributed by atoms with Crippen LogP contribution in [0.25, 0.3) is 0 Å². The van der Waals surface area contributed by atoms with Crippen molar-refractivity contribution in [1.29, 1.82) is 0 Å². The van der Waals surface area contributed by atoms with Crippen LogP contribution in [0.5, 0.6) is 0 Å². The standard InChI is InChI=1S/C14H24N2O.ClH/c1-13(2)11(14(13,3)4)12(17)16-7-9-5-15-6-10(9)8-16;/h9-11,15H,5-8H2,1-4H3;1H/t9-,10+;. The van der Waals surface area contributed by atoms with Gasteiger partial charge in [0.25, 0.3) is 0 Å². The normalized spacial score (nSPS) is 36.1. The number of carbonyl (C=O) groups is 1. The van der Waals surface area contributed by atoms with Crippen molar-refractivity contribution in [2.24, 2.45) is 28.6 Å². The molecular formula is C14H25ClN2O. The van der Waals surface area contributed by atoms with Gasteiger partial charge in [-0.1, -0.05) is 27.7 Å². The minimum Gasteiger partial charge on any atom is -0.342 e. The van der Waals surface area contributed by atoms with Crippen LogP contribution in [0.15, 0.2) is 0 Å². The van der Waals surface area contributed by atoms with Crippen LogP contribution < -0.4 is 5.32 Å². The van der Waals surface area contributed by atoms with Crippen molar-refractivity contribution in [2.75, 3.05) is 26.2 Å². The molecule has 2 saturated heterocycles. The molecule has 3 aliphatic rings. The Hall–Kier alpha value is -0.280. The van der Waals surface area contributed by atoms with Gasteiger partial charge in [0.15, 0.2) is 0 Å². The predicted molar refractivity (Wildman–Crippen MR) is 74.7 cm³/mol. The number of carbonyl (C=O) groups excluding carboxylic acids is 1. The maximum absolute atomic E-state index is 12.6. The number of fused-ring (bicyclic) bond motifs is 1. The first-order chi connectivity index (χ1) is 7.85. The molecule has 0 radical (unpaired) electrons. The van der Waals surface area contributed by atoms with Gasteiger partial charge in [-0.05, 0) is 22.7 Å². The number of likely N-dealkylation sites (tertiary alicyclic amines) is 1. The lowest BCUT2D eigenvalue weighted by molar-refractivity contribution is -0.133. The van der Waals surface area contributed by atoms with E-state index in [0.29, 0.717) is 17.7 Å². The van der Waals surface area contributed by atoms with Crippen molar-refractivity contribution in [2.45, 2.75) is 27.7 Å². The van der Waals surface area contributed by atoms with Gasteiger partial charge < -0.3 is 10.2 Å². The summed E-state index contributed by atoms with van der Waals surface area (Å²) in [5.74, 6) is 2.07. The van der Waals surface area contributed by atoms with Gasteiger partial charge in [0, 0.05) is 32.1 Å². The molecule has 0 aromatic rings. The Bertz CT molecular complexity index is 341. The van der Waals surface area contributed by atoms with E-state index in [1.54, 1.807) is 0 Å². The van der Waals surface area contributed by atoms with E-state index in [2.05, 4.69) is 37.9 Å². The number of nitrogens with zero attached hydrogens (tertiary/aromatic N) is 1. The minimum absolute atomic E-state index is 0. The highest BCUT2D eigenvalue weighted by molar-refractivity contribution is 5.85.